The van der Waals surface area contributed by atoms with Gasteiger partial charge in [-0.3, -0.25) is 13.8 Å². The molecule has 2 heterocycles. The predicted molar refractivity (Wildman–Crippen MR) is 175 cm³/mol. The van der Waals surface area contributed by atoms with E-state index >= 15 is 0 Å². The molecule has 0 radical (unpaired) electrons. The van der Waals surface area contributed by atoms with Gasteiger partial charge in [-0.25, -0.2) is 4.39 Å². The number of amides is 1. The summed E-state index contributed by atoms with van der Waals surface area (Å²) in [5.74, 6) is -1.42. The second kappa shape index (κ2) is 14.0. The number of ether oxygens (including phenoxy) is 1. The number of Topliss-reactive ketones (excluding diaryl/α,β-unsaturated/α-hetero) is 1. The fraction of sp³-hybridized carbons (Fsp3) is 0.278. The highest BCUT2D eigenvalue weighted by Gasteiger charge is 2.53. The maximum Gasteiger partial charge on any atom is 0.245 e. The van der Waals surface area contributed by atoms with Gasteiger partial charge in [0.1, 0.15) is 47.3 Å². The number of benzene rings is 4. The normalized spacial score (nSPS) is 26.1. The van der Waals surface area contributed by atoms with Crippen LogP contribution in [0.2, 0.25) is 0 Å². The molecule has 8 unspecified atom stereocenters. The summed E-state index contributed by atoms with van der Waals surface area (Å²) in [6.07, 6.45) is -6.54. The largest absolute Gasteiger partial charge is 0.508 e. The minimum Gasteiger partial charge on any atom is -0.508 e. The summed E-state index contributed by atoms with van der Waals surface area (Å²) in [7, 11) is -1.78. The molecule has 48 heavy (non-hydrogen) atoms. The Labute approximate surface area is 278 Å². The third-order valence-corrected chi connectivity index (χ3v) is 10.5. The van der Waals surface area contributed by atoms with Crippen LogP contribution in [0.5, 0.6) is 5.75 Å². The standard InChI is InChI=1S/C36H34FNO9S/c37-24-13-10-21(11-14-24)27(40)16-17-48(46)35-30(38(36(35)45)25-4-2-1-3-5-25)26-15-12-23(18-28(26)41)20-6-8-22(9-7-20)34-33(44)32(43)31(42)29(19-39)47-34/h1-15,18,29-35,39,41-44H,16-17,19H2. The molecule has 1 amide bonds. The monoisotopic (exact) mass is 675 g/mol. The van der Waals surface area contributed by atoms with Gasteiger partial charge in [0.15, 0.2) is 5.78 Å². The Bertz CT molecular complexity index is 1800. The summed E-state index contributed by atoms with van der Waals surface area (Å²) in [5.41, 5.74) is 3.04. The van der Waals surface area contributed by atoms with Crippen LogP contribution >= 0.6 is 0 Å². The topological polar surface area (TPSA) is 165 Å². The number of nitrogens with zero attached hydrogens (tertiary/aromatic N) is 1. The lowest BCUT2D eigenvalue weighted by Crippen LogP contribution is -2.61. The number of carbonyl (C=O) groups excluding carboxylic acids is 2. The quantitative estimate of drug-likeness (QED) is 0.125. The maximum absolute atomic E-state index is 13.5. The van der Waals surface area contributed by atoms with Gasteiger partial charge in [0, 0.05) is 39.8 Å². The van der Waals surface area contributed by atoms with Crippen LogP contribution in [0, 0.1) is 5.82 Å². The molecular formula is C36H34FNO9S. The SMILES string of the molecule is O=C(CCS(=O)C1C(=O)N(c2ccccc2)C1c1ccc(-c2ccc(C3OC(CO)C(O)C(O)C3O)cc2)cc1O)c1ccc(F)cc1. The van der Waals surface area contributed by atoms with E-state index in [1.165, 1.54) is 35.2 Å². The Morgan fingerprint density at radius 1 is 0.854 bits per heavy atom. The highest BCUT2D eigenvalue weighted by molar-refractivity contribution is 7.86. The molecule has 2 aliphatic heterocycles. The van der Waals surface area contributed by atoms with Crippen LogP contribution < -0.4 is 4.90 Å². The van der Waals surface area contributed by atoms with E-state index in [2.05, 4.69) is 0 Å². The minimum absolute atomic E-state index is 0.0919. The Kier molecular flexibility index (Phi) is 9.83. The second-order valence-corrected chi connectivity index (χ2v) is 13.5. The molecule has 8 atom stereocenters. The number of anilines is 1. The summed E-state index contributed by atoms with van der Waals surface area (Å²) in [5, 5.41) is 50.5. The molecule has 12 heteroatoms. The van der Waals surface area contributed by atoms with Crippen LogP contribution in [0.1, 0.15) is 40.1 Å². The number of carbonyl (C=O) groups is 2. The van der Waals surface area contributed by atoms with Crippen LogP contribution in [-0.4, -0.2) is 83.5 Å². The first-order valence-corrected chi connectivity index (χ1v) is 16.7. The molecule has 0 bridgehead atoms. The molecule has 2 fully saturated rings. The second-order valence-electron chi connectivity index (χ2n) is 11.8. The minimum atomic E-state index is -1.78. The number of β-lactam (4-membered cyclic amide) rings is 1. The van der Waals surface area contributed by atoms with E-state index in [4.69, 9.17) is 4.74 Å². The summed E-state index contributed by atoms with van der Waals surface area (Å²) < 4.78 is 32.5. The zero-order valence-corrected chi connectivity index (χ0v) is 26.3. The lowest BCUT2D eigenvalue weighted by Gasteiger charge is -2.46. The molecular weight excluding hydrogens is 641 g/mol. The number of aliphatic hydroxyl groups excluding tert-OH is 4. The number of halogens is 1. The number of phenolic OH excluding ortho intramolecular Hbond substituents is 1. The van der Waals surface area contributed by atoms with Crippen molar-refractivity contribution >= 4 is 28.2 Å². The molecule has 4 aromatic carbocycles. The van der Waals surface area contributed by atoms with Gasteiger partial charge in [-0.05, 0) is 59.2 Å². The number of hydrogen-bond donors (Lipinski definition) is 5. The fourth-order valence-electron chi connectivity index (χ4n) is 6.21. The van der Waals surface area contributed by atoms with Crippen molar-refractivity contribution in [3.05, 3.63) is 120 Å². The van der Waals surface area contributed by atoms with Gasteiger partial charge in [0.05, 0.1) is 12.6 Å². The zero-order valence-electron chi connectivity index (χ0n) is 25.5. The zero-order chi connectivity index (χ0) is 34.1. The molecule has 0 saturated carbocycles. The third-order valence-electron chi connectivity index (χ3n) is 8.87. The van der Waals surface area contributed by atoms with Gasteiger partial charge in [0.25, 0.3) is 0 Å². The third kappa shape index (κ3) is 6.42. The van der Waals surface area contributed by atoms with Gasteiger partial charge < -0.3 is 35.2 Å². The van der Waals surface area contributed by atoms with Crippen molar-refractivity contribution in [2.75, 3.05) is 17.3 Å². The van der Waals surface area contributed by atoms with Crippen molar-refractivity contribution in [2.45, 2.75) is 48.2 Å². The lowest BCUT2D eigenvalue weighted by molar-refractivity contribution is -0.231. The van der Waals surface area contributed by atoms with Crippen molar-refractivity contribution in [3.63, 3.8) is 0 Å². The number of ketones is 1. The van der Waals surface area contributed by atoms with E-state index < -0.39 is 70.9 Å². The van der Waals surface area contributed by atoms with Crippen molar-refractivity contribution in [2.24, 2.45) is 0 Å². The summed E-state index contributed by atoms with van der Waals surface area (Å²) >= 11 is 0. The van der Waals surface area contributed by atoms with Crippen molar-refractivity contribution < 1.29 is 48.5 Å². The lowest BCUT2D eigenvalue weighted by atomic mass is 9.89. The van der Waals surface area contributed by atoms with E-state index in [1.54, 1.807) is 66.7 Å². The Morgan fingerprint density at radius 3 is 2.17 bits per heavy atom. The number of aromatic hydroxyl groups is 1. The number of phenols is 1. The first-order chi connectivity index (χ1) is 23.1. The molecule has 0 aromatic heterocycles. The van der Waals surface area contributed by atoms with E-state index in [-0.39, 0.29) is 29.3 Å². The molecule has 250 valence electrons. The van der Waals surface area contributed by atoms with Crippen LogP contribution in [0.15, 0.2) is 97.1 Å². The fourth-order valence-corrected chi connectivity index (χ4v) is 7.75. The summed E-state index contributed by atoms with van der Waals surface area (Å²) in [6.45, 7) is -0.540. The van der Waals surface area contributed by atoms with Gasteiger partial charge in [-0.2, -0.15) is 0 Å². The van der Waals surface area contributed by atoms with Gasteiger partial charge >= 0.3 is 0 Å². The Morgan fingerprint density at radius 2 is 1.52 bits per heavy atom. The van der Waals surface area contributed by atoms with Crippen molar-refractivity contribution in [3.8, 4) is 16.9 Å². The van der Waals surface area contributed by atoms with Crippen molar-refractivity contribution in [1.29, 1.82) is 0 Å². The Hall–Kier alpha value is -4.30. The number of para-hydroxylation sites is 1. The Balaban J connectivity index is 1.23. The van der Waals surface area contributed by atoms with Gasteiger partial charge in [0.2, 0.25) is 5.91 Å². The van der Waals surface area contributed by atoms with Crippen molar-refractivity contribution in [1.82, 2.24) is 0 Å². The average molecular weight is 676 g/mol. The first kappa shape index (κ1) is 33.6. The summed E-state index contributed by atoms with van der Waals surface area (Å²) in [4.78, 5) is 27.6. The summed E-state index contributed by atoms with van der Waals surface area (Å²) in [6, 6.07) is 24.8. The molecule has 10 nitrogen and oxygen atoms in total. The van der Waals surface area contributed by atoms with E-state index in [0.717, 1.165) is 0 Å². The average Bonchev–Trinajstić information content (AvgIpc) is 3.10. The predicted octanol–water partition coefficient (Wildman–Crippen LogP) is 3.19. The van der Waals surface area contributed by atoms with Gasteiger partial charge in [-0.1, -0.05) is 54.6 Å². The number of aliphatic hydroxyl groups is 4. The molecule has 2 saturated heterocycles. The molecule has 0 spiro atoms. The van der Waals surface area contributed by atoms with E-state index in [0.29, 0.717) is 27.9 Å². The molecule has 0 aliphatic carbocycles. The molecule has 2 aliphatic rings. The van der Waals surface area contributed by atoms with Gasteiger partial charge in [-0.15, -0.1) is 0 Å². The highest BCUT2D eigenvalue weighted by atomic mass is 32.2. The molecule has 5 N–H and O–H groups in total. The highest BCUT2D eigenvalue weighted by Crippen LogP contribution is 2.45. The van der Waals surface area contributed by atoms with Crippen LogP contribution in [0.4, 0.5) is 10.1 Å². The molecule has 6 rings (SSSR count). The van der Waals surface area contributed by atoms with Crippen LogP contribution in [0.25, 0.3) is 11.1 Å². The number of hydrogen-bond acceptors (Lipinski definition) is 9. The van der Waals surface area contributed by atoms with Crippen LogP contribution in [-0.2, 0) is 20.3 Å². The smallest absolute Gasteiger partial charge is 0.245 e. The molecule has 4 aromatic rings. The first-order valence-electron chi connectivity index (χ1n) is 15.4. The maximum atomic E-state index is 13.5. The van der Waals surface area contributed by atoms with E-state index in [9.17, 15) is 43.7 Å². The van der Waals surface area contributed by atoms with E-state index in [1.807, 2.05) is 0 Å². The number of rotatable bonds is 10. The van der Waals surface area contributed by atoms with Crippen LogP contribution in [0.3, 0.4) is 0 Å².